The molecule has 4 rings (SSSR count). The van der Waals surface area contributed by atoms with E-state index in [0.29, 0.717) is 0 Å². The molecule has 2 nitrogen and oxygen atoms in total. The van der Waals surface area contributed by atoms with E-state index >= 15 is 0 Å². The Morgan fingerprint density at radius 1 is 0.615 bits per heavy atom. The average molecular weight is 399 g/mol. The standard InChI is InChI=1S/C22H16BBrN2/c23-18-10-6-15(7-11-18)20-14-21(16-8-12-19(24)13-9-16)26-22(25-20)17-4-2-1-3-5-17/h1-14H,23H2. The second-order valence-electron chi connectivity index (χ2n) is 6.20. The van der Waals surface area contributed by atoms with Gasteiger partial charge in [0.05, 0.1) is 11.4 Å². The van der Waals surface area contributed by atoms with E-state index in [1.165, 1.54) is 5.46 Å². The van der Waals surface area contributed by atoms with Crippen molar-refractivity contribution in [2.24, 2.45) is 0 Å². The van der Waals surface area contributed by atoms with Gasteiger partial charge in [0, 0.05) is 21.2 Å². The number of halogens is 1. The zero-order valence-corrected chi connectivity index (χ0v) is 15.9. The van der Waals surface area contributed by atoms with Gasteiger partial charge in [-0.15, -0.1) is 0 Å². The number of nitrogens with zero attached hydrogens (tertiary/aromatic N) is 2. The van der Waals surface area contributed by atoms with Crippen molar-refractivity contribution in [2.45, 2.75) is 0 Å². The monoisotopic (exact) mass is 398 g/mol. The van der Waals surface area contributed by atoms with Gasteiger partial charge in [-0.05, 0) is 18.2 Å². The SMILES string of the molecule is Bc1ccc(-c2cc(-c3ccc(Br)cc3)nc(-c3ccccc3)n2)cc1. The van der Waals surface area contributed by atoms with Gasteiger partial charge in [0.2, 0.25) is 0 Å². The van der Waals surface area contributed by atoms with E-state index in [4.69, 9.17) is 9.97 Å². The molecule has 26 heavy (non-hydrogen) atoms. The molecule has 124 valence electrons. The van der Waals surface area contributed by atoms with Crippen LogP contribution in [0.2, 0.25) is 0 Å². The van der Waals surface area contributed by atoms with Gasteiger partial charge in [-0.25, -0.2) is 9.97 Å². The van der Waals surface area contributed by atoms with E-state index < -0.39 is 0 Å². The molecule has 0 aliphatic rings. The van der Waals surface area contributed by atoms with Crippen molar-refractivity contribution < 1.29 is 0 Å². The summed E-state index contributed by atoms with van der Waals surface area (Å²) in [5.41, 5.74) is 6.26. The van der Waals surface area contributed by atoms with Crippen molar-refractivity contribution in [1.29, 1.82) is 0 Å². The Bertz CT molecular complexity index is 966. The predicted octanol–water partition coefficient (Wildman–Crippen LogP) is 4.50. The molecule has 0 aliphatic heterocycles. The van der Waals surface area contributed by atoms with Crippen molar-refractivity contribution in [3.05, 3.63) is 89.4 Å². The van der Waals surface area contributed by atoms with Crippen molar-refractivity contribution in [3.63, 3.8) is 0 Å². The Morgan fingerprint density at radius 2 is 1.15 bits per heavy atom. The molecular weight excluding hydrogens is 383 g/mol. The molecule has 3 aromatic carbocycles. The molecule has 4 heteroatoms. The first-order valence-electron chi connectivity index (χ1n) is 8.46. The minimum Gasteiger partial charge on any atom is -0.228 e. The zero-order valence-electron chi connectivity index (χ0n) is 14.4. The number of benzene rings is 3. The van der Waals surface area contributed by atoms with Crippen LogP contribution in [-0.4, -0.2) is 17.8 Å². The van der Waals surface area contributed by atoms with E-state index in [2.05, 4.69) is 66.2 Å². The number of aromatic nitrogens is 2. The highest BCUT2D eigenvalue weighted by atomic mass is 79.9. The lowest BCUT2D eigenvalue weighted by atomic mass is 9.94. The van der Waals surface area contributed by atoms with E-state index in [1.54, 1.807) is 0 Å². The summed E-state index contributed by atoms with van der Waals surface area (Å²) in [5, 5.41) is 0. The summed E-state index contributed by atoms with van der Waals surface area (Å²) in [6.45, 7) is 0. The lowest BCUT2D eigenvalue weighted by molar-refractivity contribution is 1.18. The molecule has 0 spiro atoms. The summed E-state index contributed by atoms with van der Waals surface area (Å²) in [4.78, 5) is 9.65. The van der Waals surface area contributed by atoms with Crippen molar-refractivity contribution in [3.8, 4) is 33.9 Å². The molecule has 0 radical (unpaired) electrons. The fourth-order valence-corrected chi connectivity index (χ4v) is 3.07. The molecule has 0 fully saturated rings. The molecule has 0 saturated heterocycles. The molecule has 0 atom stereocenters. The highest BCUT2D eigenvalue weighted by Crippen LogP contribution is 2.27. The van der Waals surface area contributed by atoms with Crippen molar-refractivity contribution in [1.82, 2.24) is 9.97 Å². The molecule has 0 aliphatic carbocycles. The third-order valence-electron chi connectivity index (χ3n) is 4.25. The average Bonchev–Trinajstić information content (AvgIpc) is 2.69. The van der Waals surface area contributed by atoms with Crippen LogP contribution in [0.15, 0.2) is 89.4 Å². The quantitative estimate of drug-likeness (QED) is 0.475. The van der Waals surface area contributed by atoms with Crippen LogP contribution in [0.4, 0.5) is 0 Å². The molecule has 4 aromatic rings. The Hall–Kier alpha value is -2.72. The Labute approximate surface area is 162 Å². The van der Waals surface area contributed by atoms with Crippen molar-refractivity contribution >= 4 is 29.2 Å². The summed E-state index contributed by atoms with van der Waals surface area (Å²) < 4.78 is 1.05. The Balaban J connectivity index is 1.89. The van der Waals surface area contributed by atoms with E-state index in [9.17, 15) is 0 Å². The molecular formula is C22H16BBrN2. The van der Waals surface area contributed by atoms with Crippen molar-refractivity contribution in [2.75, 3.05) is 0 Å². The van der Waals surface area contributed by atoms with Gasteiger partial charge in [-0.2, -0.15) is 0 Å². The maximum Gasteiger partial charge on any atom is 0.160 e. The van der Waals surface area contributed by atoms with Crippen LogP contribution in [0.1, 0.15) is 0 Å². The first kappa shape index (κ1) is 16.7. The van der Waals surface area contributed by atoms with Crippen LogP contribution in [0.5, 0.6) is 0 Å². The maximum absolute atomic E-state index is 4.83. The van der Waals surface area contributed by atoms with Crippen LogP contribution >= 0.6 is 15.9 Å². The predicted molar refractivity (Wildman–Crippen MR) is 114 cm³/mol. The first-order chi connectivity index (χ1) is 12.7. The van der Waals surface area contributed by atoms with Crippen LogP contribution in [0.3, 0.4) is 0 Å². The second kappa shape index (κ2) is 7.26. The highest BCUT2D eigenvalue weighted by Gasteiger charge is 2.10. The summed E-state index contributed by atoms with van der Waals surface area (Å²) in [6.07, 6.45) is 0. The Kier molecular flexibility index (Phi) is 4.68. The molecule has 0 saturated carbocycles. The van der Waals surface area contributed by atoms with Gasteiger partial charge in [0.15, 0.2) is 5.82 Å². The fraction of sp³-hybridized carbons (Fsp3) is 0. The summed E-state index contributed by atoms with van der Waals surface area (Å²) in [5.74, 6) is 0.738. The van der Waals surface area contributed by atoms with Gasteiger partial charge in [-0.1, -0.05) is 88.1 Å². The van der Waals surface area contributed by atoms with Gasteiger partial charge < -0.3 is 0 Å². The lowest BCUT2D eigenvalue weighted by Crippen LogP contribution is -2.00. The third kappa shape index (κ3) is 3.61. The zero-order chi connectivity index (χ0) is 17.9. The Morgan fingerprint density at radius 3 is 1.73 bits per heavy atom. The summed E-state index contributed by atoms with van der Waals surface area (Å²) in [7, 11) is 2.09. The van der Waals surface area contributed by atoms with E-state index in [1.807, 2.05) is 42.5 Å². The maximum atomic E-state index is 4.83. The molecule has 0 N–H and O–H groups in total. The van der Waals surface area contributed by atoms with Gasteiger partial charge in [0.25, 0.3) is 0 Å². The number of hydrogen-bond donors (Lipinski definition) is 0. The highest BCUT2D eigenvalue weighted by molar-refractivity contribution is 9.10. The first-order valence-corrected chi connectivity index (χ1v) is 9.26. The number of rotatable bonds is 3. The molecule has 0 amide bonds. The van der Waals surface area contributed by atoms with Crippen LogP contribution in [0.25, 0.3) is 33.9 Å². The van der Waals surface area contributed by atoms with Crippen LogP contribution < -0.4 is 5.46 Å². The second-order valence-corrected chi connectivity index (χ2v) is 7.12. The largest absolute Gasteiger partial charge is 0.228 e. The number of hydrogen-bond acceptors (Lipinski definition) is 2. The van der Waals surface area contributed by atoms with E-state index in [-0.39, 0.29) is 0 Å². The smallest absolute Gasteiger partial charge is 0.160 e. The van der Waals surface area contributed by atoms with Crippen LogP contribution in [-0.2, 0) is 0 Å². The fourth-order valence-electron chi connectivity index (χ4n) is 2.80. The minimum atomic E-state index is 0.738. The van der Waals surface area contributed by atoms with E-state index in [0.717, 1.165) is 38.4 Å². The minimum absolute atomic E-state index is 0.738. The van der Waals surface area contributed by atoms with Gasteiger partial charge in [-0.3, -0.25) is 0 Å². The molecule has 0 bridgehead atoms. The lowest BCUT2D eigenvalue weighted by Gasteiger charge is -2.09. The molecule has 0 unspecified atom stereocenters. The normalized spacial score (nSPS) is 10.7. The van der Waals surface area contributed by atoms with Gasteiger partial charge in [0.1, 0.15) is 7.85 Å². The topological polar surface area (TPSA) is 25.8 Å². The third-order valence-corrected chi connectivity index (χ3v) is 4.77. The summed E-state index contributed by atoms with van der Waals surface area (Å²) >= 11 is 3.49. The van der Waals surface area contributed by atoms with Crippen LogP contribution in [0, 0.1) is 0 Å². The molecule has 1 aromatic heterocycles. The summed E-state index contributed by atoms with van der Waals surface area (Å²) in [6, 6.07) is 28.8. The van der Waals surface area contributed by atoms with Gasteiger partial charge >= 0.3 is 0 Å². The molecule has 1 heterocycles.